The van der Waals surface area contributed by atoms with Crippen LogP contribution in [-0.2, 0) is 7.05 Å². The number of aryl methyl sites for hydroxylation is 1. The van der Waals surface area contributed by atoms with Gasteiger partial charge in [-0.05, 0) is 40.3 Å². The van der Waals surface area contributed by atoms with Crippen LogP contribution in [0.3, 0.4) is 0 Å². The van der Waals surface area contributed by atoms with Crippen molar-refractivity contribution in [2.45, 2.75) is 6.04 Å². The van der Waals surface area contributed by atoms with Gasteiger partial charge in [-0.25, -0.2) is 9.37 Å². The van der Waals surface area contributed by atoms with Gasteiger partial charge in [0.25, 0.3) is 0 Å². The highest BCUT2D eigenvalue weighted by Crippen LogP contribution is 2.23. The molecular weight excluding hydrogens is 320 g/mol. The second kappa shape index (κ2) is 4.50. The molecule has 5 heteroatoms. The molecule has 16 heavy (non-hydrogen) atoms. The molecule has 0 aliphatic rings. The quantitative estimate of drug-likeness (QED) is 0.858. The van der Waals surface area contributed by atoms with E-state index in [4.69, 9.17) is 5.73 Å². The van der Waals surface area contributed by atoms with Crippen LogP contribution in [0.2, 0.25) is 0 Å². The highest BCUT2D eigenvalue weighted by atomic mass is 127. The molecular formula is C11H11FIN3. The number of hydrogen-bond acceptors (Lipinski definition) is 2. The minimum absolute atomic E-state index is 0.250. The number of rotatable bonds is 2. The molecule has 0 amide bonds. The Morgan fingerprint density at radius 2 is 2.25 bits per heavy atom. The average Bonchev–Trinajstić information content (AvgIpc) is 2.63. The fourth-order valence-corrected chi connectivity index (χ4v) is 2.38. The van der Waals surface area contributed by atoms with Gasteiger partial charge in [0.15, 0.2) is 0 Å². The van der Waals surface area contributed by atoms with Crippen molar-refractivity contribution >= 4 is 22.6 Å². The van der Waals surface area contributed by atoms with Crippen molar-refractivity contribution in [3.05, 3.63) is 51.4 Å². The minimum atomic E-state index is -0.326. The lowest BCUT2D eigenvalue weighted by Gasteiger charge is -2.13. The van der Waals surface area contributed by atoms with E-state index in [2.05, 4.69) is 27.6 Å². The van der Waals surface area contributed by atoms with Gasteiger partial charge in [0.2, 0.25) is 0 Å². The van der Waals surface area contributed by atoms with Gasteiger partial charge in [-0.1, -0.05) is 6.07 Å². The molecule has 1 unspecified atom stereocenters. The van der Waals surface area contributed by atoms with Crippen molar-refractivity contribution in [1.29, 1.82) is 0 Å². The fourth-order valence-electron chi connectivity index (χ4n) is 1.57. The van der Waals surface area contributed by atoms with Crippen molar-refractivity contribution in [3.63, 3.8) is 0 Å². The van der Waals surface area contributed by atoms with E-state index in [9.17, 15) is 4.39 Å². The van der Waals surface area contributed by atoms with E-state index in [1.54, 1.807) is 12.3 Å². The third-order valence-corrected chi connectivity index (χ3v) is 3.37. The Bertz CT molecular complexity index is 510. The number of imidazole rings is 1. The molecule has 2 N–H and O–H groups in total. The summed E-state index contributed by atoms with van der Waals surface area (Å²) in [6.45, 7) is 0. The molecule has 84 valence electrons. The van der Waals surface area contributed by atoms with E-state index < -0.39 is 0 Å². The Balaban J connectivity index is 2.41. The normalized spacial score (nSPS) is 12.8. The molecule has 0 aliphatic heterocycles. The van der Waals surface area contributed by atoms with Gasteiger partial charge in [0, 0.05) is 23.0 Å². The van der Waals surface area contributed by atoms with Gasteiger partial charge < -0.3 is 10.3 Å². The number of halogens is 2. The third kappa shape index (κ3) is 2.10. The molecule has 2 aromatic rings. The van der Waals surface area contributed by atoms with Crippen LogP contribution in [0.5, 0.6) is 0 Å². The Morgan fingerprint density at radius 1 is 1.50 bits per heavy atom. The Morgan fingerprint density at radius 3 is 2.81 bits per heavy atom. The second-order valence-electron chi connectivity index (χ2n) is 3.54. The first kappa shape index (κ1) is 11.5. The molecule has 1 aromatic heterocycles. The lowest BCUT2D eigenvalue weighted by atomic mass is 10.1. The molecule has 0 spiro atoms. The van der Waals surface area contributed by atoms with Crippen LogP contribution in [-0.4, -0.2) is 9.55 Å². The zero-order chi connectivity index (χ0) is 11.7. The zero-order valence-electron chi connectivity index (χ0n) is 8.69. The molecule has 1 aromatic carbocycles. The predicted octanol–water partition coefficient (Wildman–Crippen LogP) is 2.21. The first-order valence-electron chi connectivity index (χ1n) is 4.77. The maximum atomic E-state index is 13.0. The molecule has 1 heterocycles. The largest absolute Gasteiger partial charge is 0.336 e. The summed E-state index contributed by atoms with van der Waals surface area (Å²) in [5, 5.41) is 0. The summed E-state index contributed by atoms with van der Waals surface area (Å²) in [5.74, 6) is 0.518. The lowest BCUT2D eigenvalue weighted by Crippen LogP contribution is -2.17. The van der Waals surface area contributed by atoms with E-state index in [0.717, 1.165) is 15.0 Å². The fraction of sp³-hybridized carbons (Fsp3) is 0.182. The van der Waals surface area contributed by atoms with Gasteiger partial charge in [0.05, 0.1) is 6.04 Å². The highest BCUT2D eigenvalue weighted by molar-refractivity contribution is 14.1. The average molecular weight is 331 g/mol. The van der Waals surface area contributed by atoms with Crippen molar-refractivity contribution in [3.8, 4) is 0 Å². The SMILES string of the molecule is Cn1ccnc1C(N)c1ccc(F)cc1I. The highest BCUT2D eigenvalue weighted by Gasteiger charge is 2.16. The monoisotopic (exact) mass is 331 g/mol. The van der Waals surface area contributed by atoms with E-state index in [1.807, 2.05) is 17.8 Å². The second-order valence-corrected chi connectivity index (χ2v) is 4.70. The predicted molar refractivity (Wildman–Crippen MR) is 68.4 cm³/mol. The first-order valence-corrected chi connectivity index (χ1v) is 5.85. The summed E-state index contributed by atoms with van der Waals surface area (Å²) < 4.78 is 15.6. The molecule has 0 saturated heterocycles. The lowest BCUT2D eigenvalue weighted by molar-refractivity contribution is 0.623. The van der Waals surface area contributed by atoms with E-state index >= 15 is 0 Å². The van der Waals surface area contributed by atoms with Crippen molar-refractivity contribution in [2.75, 3.05) is 0 Å². The minimum Gasteiger partial charge on any atom is -0.336 e. The summed E-state index contributed by atoms with van der Waals surface area (Å²) in [5.41, 5.74) is 6.99. The van der Waals surface area contributed by atoms with Crippen molar-refractivity contribution in [1.82, 2.24) is 9.55 Å². The summed E-state index contributed by atoms with van der Waals surface area (Å²) in [7, 11) is 1.89. The van der Waals surface area contributed by atoms with Crippen LogP contribution in [0.4, 0.5) is 4.39 Å². The van der Waals surface area contributed by atoms with E-state index in [-0.39, 0.29) is 11.9 Å². The molecule has 0 radical (unpaired) electrons. The van der Waals surface area contributed by atoms with Crippen LogP contribution in [0.1, 0.15) is 17.4 Å². The molecule has 0 bridgehead atoms. The standard InChI is InChI=1S/C11H11FIN3/c1-16-5-4-15-11(16)10(14)8-3-2-7(12)6-9(8)13/h2-6,10H,14H2,1H3. The van der Waals surface area contributed by atoms with Crippen molar-refractivity contribution < 1.29 is 4.39 Å². The van der Waals surface area contributed by atoms with E-state index in [1.165, 1.54) is 12.1 Å². The molecule has 1 atom stereocenters. The summed E-state index contributed by atoms with van der Waals surface area (Å²) in [6, 6.07) is 4.27. The van der Waals surface area contributed by atoms with E-state index in [0.29, 0.717) is 0 Å². The Labute approximate surface area is 107 Å². The van der Waals surface area contributed by atoms with Gasteiger partial charge in [0.1, 0.15) is 11.6 Å². The molecule has 0 saturated carbocycles. The zero-order valence-corrected chi connectivity index (χ0v) is 10.8. The maximum absolute atomic E-state index is 13.0. The number of nitrogens with zero attached hydrogens (tertiary/aromatic N) is 2. The number of aromatic nitrogens is 2. The first-order chi connectivity index (χ1) is 7.59. The van der Waals surface area contributed by atoms with Crippen molar-refractivity contribution in [2.24, 2.45) is 12.8 Å². The molecule has 0 fully saturated rings. The summed E-state index contributed by atoms with van der Waals surface area (Å²) >= 11 is 2.08. The summed E-state index contributed by atoms with van der Waals surface area (Å²) in [4.78, 5) is 4.20. The molecule has 2 rings (SSSR count). The van der Waals surface area contributed by atoms with Gasteiger partial charge in [-0.2, -0.15) is 0 Å². The summed E-state index contributed by atoms with van der Waals surface area (Å²) in [6.07, 6.45) is 3.54. The van der Waals surface area contributed by atoms with Gasteiger partial charge >= 0.3 is 0 Å². The number of hydrogen-bond donors (Lipinski definition) is 1. The van der Waals surface area contributed by atoms with Crippen LogP contribution < -0.4 is 5.73 Å². The van der Waals surface area contributed by atoms with Gasteiger partial charge in [-0.15, -0.1) is 0 Å². The van der Waals surface area contributed by atoms with Crippen LogP contribution in [0.15, 0.2) is 30.6 Å². The smallest absolute Gasteiger partial charge is 0.130 e. The molecule has 3 nitrogen and oxygen atoms in total. The number of benzene rings is 1. The molecule has 0 aliphatic carbocycles. The van der Waals surface area contributed by atoms with Crippen LogP contribution >= 0.6 is 22.6 Å². The maximum Gasteiger partial charge on any atom is 0.130 e. The Kier molecular flexibility index (Phi) is 3.25. The third-order valence-electron chi connectivity index (χ3n) is 2.43. The van der Waals surface area contributed by atoms with Crippen LogP contribution in [0.25, 0.3) is 0 Å². The van der Waals surface area contributed by atoms with Gasteiger partial charge in [-0.3, -0.25) is 0 Å². The van der Waals surface area contributed by atoms with Crippen LogP contribution in [0, 0.1) is 9.39 Å². The Hall–Kier alpha value is -0.950. The topological polar surface area (TPSA) is 43.8 Å². The number of nitrogens with two attached hydrogens (primary N) is 1.